The molecule has 0 aromatic carbocycles. The van der Waals surface area contributed by atoms with Crippen LogP contribution in [0.5, 0.6) is 0 Å². The van der Waals surface area contributed by atoms with Crippen LogP contribution in [0.1, 0.15) is 0 Å². The number of hydrogen-bond donors (Lipinski definition) is 0. The molecule has 0 spiro atoms. The summed E-state index contributed by atoms with van der Waals surface area (Å²) in [6.45, 7) is 0. The van der Waals surface area contributed by atoms with Crippen LogP contribution < -0.4 is 0 Å². The topological polar surface area (TPSA) is 11.3 Å². The monoisotopic (exact) mass is 67.0 g/mol. The largest absolute Gasteiger partial charge is 0.666 e. The number of carbonyl (C=O) groups excluding carboxylic acids is 1. The van der Waals surface area contributed by atoms with Crippen LogP contribution in [0.3, 0.4) is 0 Å². The van der Waals surface area contributed by atoms with Crippen molar-refractivity contribution in [1.29, 1.82) is 0 Å². The predicted molar refractivity (Wildman–Crippen MR) is 22.4 cm³/mol. The molecule has 0 unspecified atom stereocenters. The molecule has 0 fully saturated rings. The van der Waals surface area contributed by atoms with Gasteiger partial charge in [-0.3, -0.25) is 0 Å². The molecule has 0 aromatic heterocycles. The summed E-state index contributed by atoms with van der Waals surface area (Å²) >= 11 is 0. The molecule has 0 radical (unpaired) electrons. The Bertz CT molecular complexity index is 65.0. The average molecular weight is 66.9 g/mol. The zero-order valence-electron chi connectivity index (χ0n) is 2.85. The van der Waals surface area contributed by atoms with Gasteiger partial charge in [-0.05, 0) is 0 Å². The van der Waals surface area contributed by atoms with Crippen LogP contribution in [-0.4, -0.2) is 13.8 Å². The zero-order valence-corrected chi connectivity index (χ0v) is 2.85. The van der Waals surface area contributed by atoms with Gasteiger partial charge in [0.2, 0.25) is 0 Å². The van der Waals surface area contributed by atoms with Gasteiger partial charge in [0.25, 0.3) is 6.29 Å². The van der Waals surface area contributed by atoms with Crippen molar-refractivity contribution >= 4 is 13.8 Å². The van der Waals surface area contributed by atoms with Crippen molar-refractivity contribution < 1.29 is 4.34 Å². The Hall–Kier alpha value is -0.525. The lowest BCUT2D eigenvalue weighted by molar-refractivity contribution is -0.271. The molecule has 0 atom stereocenters. The van der Waals surface area contributed by atoms with E-state index in [2.05, 4.69) is 0 Å². The maximum atomic E-state index is 4.71. The highest BCUT2D eigenvalue weighted by Crippen LogP contribution is 1.69. The van der Waals surface area contributed by atoms with Crippen molar-refractivity contribution in [1.82, 2.24) is 0 Å². The predicted octanol–water partition coefficient (Wildman–Crippen LogP) is -0.400. The maximum Gasteiger partial charge on any atom is 0.666 e. The summed E-state index contributed by atoms with van der Waals surface area (Å²) in [5.74, 6) is 1.96. The van der Waals surface area contributed by atoms with Crippen LogP contribution in [0, 0.1) is 0 Å². The van der Waals surface area contributed by atoms with Crippen molar-refractivity contribution in [3.05, 3.63) is 12.1 Å². The summed E-state index contributed by atoms with van der Waals surface area (Å²) in [5.41, 5.74) is 0. The van der Waals surface area contributed by atoms with E-state index < -0.39 is 0 Å². The highest BCUT2D eigenvalue weighted by molar-refractivity contribution is 6.34. The lowest BCUT2D eigenvalue weighted by Crippen LogP contribution is -1.73. The molecule has 0 N–H and O–H groups in total. The van der Waals surface area contributed by atoms with Crippen LogP contribution in [0.2, 0.25) is 0 Å². The first kappa shape index (κ1) is 2.70. The van der Waals surface area contributed by atoms with Gasteiger partial charge in [-0.1, -0.05) is 0 Å². The van der Waals surface area contributed by atoms with Crippen molar-refractivity contribution in [3.63, 3.8) is 0 Å². The lowest BCUT2D eigenvalue weighted by atomic mass is 10.1. The van der Waals surface area contributed by atoms with Gasteiger partial charge in [0.15, 0.2) is 0 Å². The van der Waals surface area contributed by atoms with E-state index in [1.54, 1.807) is 6.29 Å². The Morgan fingerprint density at radius 3 is 2.80 bits per heavy atom. The lowest BCUT2D eigenvalue weighted by Gasteiger charge is -1.42. The minimum absolute atomic E-state index is 0.764. The summed E-state index contributed by atoms with van der Waals surface area (Å²) in [5, 5.41) is 0. The molecule has 1 aliphatic heterocycles. The van der Waals surface area contributed by atoms with Crippen LogP contribution >= 0.6 is 0 Å². The molecule has 1 rings (SSSR count). The van der Waals surface area contributed by atoms with Gasteiger partial charge in [0.05, 0.1) is 0 Å². The van der Waals surface area contributed by atoms with Gasteiger partial charge < -0.3 is 4.34 Å². The standard InChI is InChI=1S/C3H4BO/c1-2-4-5-3-1/h1-4H/q+1. The first-order valence-electron chi connectivity index (χ1n) is 1.60. The summed E-state index contributed by atoms with van der Waals surface area (Å²) in [6.07, 6.45) is 3.57. The SMILES string of the molecule is B1C=CC=[O+]1. The van der Waals surface area contributed by atoms with Gasteiger partial charge in [-0.2, -0.15) is 0 Å². The second kappa shape index (κ2) is 1.06. The molecule has 0 amide bonds. The van der Waals surface area contributed by atoms with E-state index in [-0.39, 0.29) is 0 Å². The van der Waals surface area contributed by atoms with Gasteiger partial charge in [-0.15, -0.1) is 0 Å². The molecule has 0 saturated carbocycles. The van der Waals surface area contributed by atoms with Crippen molar-refractivity contribution in [2.24, 2.45) is 0 Å². The van der Waals surface area contributed by atoms with E-state index in [9.17, 15) is 0 Å². The first-order valence-corrected chi connectivity index (χ1v) is 1.60. The minimum atomic E-state index is 0.764. The smallest absolute Gasteiger partial charge is 0.382 e. The molecule has 24 valence electrons. The fourth-order valence-corrected chi connectivity index (χ4v) is 0.278. The Kier molecular flexibility index (Phi) is 0.574. The maximum absolute atomic E-state index is 4.71. The molecular weight excluding hydrogens is 62.8 g/mol. The molecule has 2 heteroatoms. The second-order valence-electron chi connectivity index (χ2n) is 0.898. The quantitative estimate of drug-likeness (QED) is 0.207. The third-order valence-electron chi connectivity index (χ3n) is 0.503. The number of hydrogen-bond acceptors (Lipinski definition) is 0. The van der Waals surface area contributed by atoms with Gasteiger partial charge >= 0.3 is 7.48 Å². The molecule has 0 aliphatic carbocycles. The molecule has 0 aromatic rings. The van der Waals surface area contributed by atoms with E-state index in [1.165, 1.54) is 0 Å². The third-order valence-corrected chi connectivity index (χ3v) is 0.503. The molecule has 1 aliphatic rings. The summed E-state index contributed by atoms with van der Waals surface area (Å²) < 4.78 is 4.71. The Labute approximate surface area is 31.3 Å². The fraction of sp³-hybridized carbons (Fsp3) is 0. The summed E-state index contributed by atoms with van der Waals surface area (Å²) in [7, 11) is 0.764. The van der Waals surface area contributed by atoms with Gasteiger partial charge in [-0.25, -0.2) is 0 Å². The summed E-state index contributed by atoms with van der Waals surface area (Å²) in [4.78, 5) is 0. The Morgan fingerprint density at radius 2 is 2.60 bits per heavy atom. The molecule has 1 heterocycles. The molecule has 5 heavy (non-hydrogen) atoms. The second-order valence-corrected chi connectivity index (χ2v) is 0.898. The van der Waals surface area contributed by atoms with Gasteiger partial charge in [0, 0.05) is 12.1 Å². The van der Waals surface area contributed by atoms with E-state index in [0.29, 0.717) is 0 Å². The molecular formula is C3H4BO+. The highest BCUT2D eigenvalue weighted by atomic mass is 16.3. The van der Waals surface area contributed by atoms with Crippen LogP contribution in [0.25, 0.3) is 0 Å². The molecule has 0 bridgehead atoms. The van der Waals surface area contributed by atoms with Crippen LogP contribution in [0.4, 0.5) is 0 Å². The molecule has 0 saturated heterocycles. The first-order chi connectivity index (χ1) is 2.50. The Balaban J connectivity index is 2.61. The van der Waals surface area contributed by atoms with Gasteiger partial charge in [0.1, 0.15) is 0 Å². The normalized spacial score (nSPS) is 16.0. The van der Waals surface area contributed by atoms with Crippen molar-refractivity contribution in [3.8, 4) is 0 Å². The third kappa shape index (κ3) is 0.378. The van der Waals surface area contributed by atoms with E-state index in [0.717, 1.165) is 7.48 Å². The Morgan fingerprint density at radius 1 is 1.60 bits per heavy atom. The number of allylic oxidation sites excluding steroid dienone is 1. The van der Waals surface area contributed by atoms with E-state index in [4.69, 9.17) is 4.34 Å². The van der Waals surface area contributed by atoms with Crippen LogP contribution in [0.15, 0.2) is 12.1 Å². The highest BCUT2D eigenvalue weighted by Gasteiger charge is 1.97. The number of rotatable bonds is 0. The molecule has 1 nitrogen and oxygen atoms in total. The van der Waals surface area contributed by atoms with Crippen molar-refractivity contribution in [2.75, 3.05) is 0 Å². The van der Waals surface area contributed by atoms with Crippen molar-refractivity contribution in [2.45, 2.75) is 0 Å². The minimum Gasteiger partial charge on any atom is -0.382 e. The van der Waals surface area contributed by atoms with E-state index >= 15 is 0 Å². The number of aldehydes is 1. The van der Waals surface area contributed by atoms with Crippen LogP contribution in [-0.2, 0) is 4.34 Å². The summed E-state index contributed by atoms with van der Waals surface area (Å²) in [6, 6.07) is 0. The average Bonchev–Trinajstić information content (AvgIpc) is 1.76. The zero-order chi connectivity index (χ0) is 3.54. The fourth-order valence-electron chi connectivity index (χ4n) is 0.278. The van der Waals surface area contributed by atoms with E-state index in [1.807, 2.05) is 12.1 Å².